The van der Waals surface area contributed by atoms with E-state index >= 15 is 0 Å². The maximum Gasteiger partial charge on any atom is 0.271 e. The third-order valence-corrected chi connectivity index (χ3v) is 9.96. The molecular weight excluding hydrogens is 589 g/mol. The Kier molecular flexibility index (Phi) is 7.43. The van der Waals surface area contributed by atoms with Gasteiger partial charge >= 0.3 is 0 Å². The number of carbonyl (C=O) groups is 2. The average molecular weight is 628 g/mol. The largest absolute Gasteiger partial charge is 0.411 e. The number of piperidine rings is 1. The first-order valence-corrected chi connectivity index (χ1v) is 14.8. The van der Waals surface area contributed by atoms with Gasteiger partial charge in [0.05, 0.1) is 28.7 Å². The Hall–Kier alpha value is -3.65. The first-order valence-electron chi connectivity index (χ1n) is 14.8. The monoisotopic (exact) mass is 627 g/mol. The molecular formula is C29H38F5N7O3. The van der Waals surface area contributed by atoms with Gasteiger partial charge in [-0.1, -0.05) is 5.16 Å². The Labute approximate surface area is 252 Å². The molecule has 0 unspecified atom stereocenters. The van der Waals surface area contributed by atoms with Crippen LogP contribution in [-0.4, -0.2) is 72.9 Å². The van der Waals surface area contributed by atoms with Crippen molar-refractivity contribution in [1.29, 1.82) is 5.41 Å². The van der Waals surface area contributed by atoms with Gasteiger partial charge in [0, 0.05) is 28.2 Å². The molecule has 1 saturated heterocycles. The van der Waals surface area contributed by atoms with Gasteiger partial charge in [0.25, 0.3) is 5.91 Å². The molecule has 1 aliphatic heterocycles. The van der Waals surface area contributed by atoms with Gasteiger partial charge in [-0.25, -0.2) is 31.9 Å². The minimum atomic E-state index is -2.83. The van der Waals surface area contributed by atoms with Crippen molar-refractivity contribution < 1.29 is 39.6 Å². The number of aromatic nitrogens is 3. The summed E-state index contributed by atoms with van der Waals surface area (Å²) in [4.78, 5) is 40.2. The van der Waals surface area contributed by atoms with Crippen LogP contribution in [0.25, 0.3) is 11.2 Å². The number of H-pyrrole nitrogens is 1. The number of hydrogen-bond donors (Lipinski definition) is 4. The fraction of sp³-hybridized carbons (Fsp3) is 0.655. The fourth-order valence-electron chi connectivity index (χ4n) is 7.43. The van der Waals surface area contributed by atoms with E-state index in [9.17, 15) is 31.5 Å². The summed E-state index contributed by atoms with van der Waals surface area (Å²) >= 11 is 0. The Morgan fingerprint density at radius 3 is 2.43 bits per heavy atom. The number of alkyl halides is 5. The molecule has 5 fully saturated rings. The van der Waals surface area contributed by atoms with Crippen LogP contribution in [0.5, 0.6) is 0 Å². The van der Waals surface area contributed by atoms with Crippen LogP contribution in [0, 0.1) is 22.7 Å². The smallest absolute Gasteiger partial charge is 0.271 e. The summed E-state index contributed by atoms with van der Waals surface area (Å²) < 4.78 is 69.8. The maximum absolute atomic E-state index is 14.2. The van der Waals surface area contributed by atoms with Crippen LogP contribution in [0.1, 0.15) is 91.2 Å². The van der Waals surface area contributed by atoms with Gasteiger partial charge in [-0.3, -0.25) is 15.0 Å². The van der Waals surface area contributed by atoms with Crippen molar-refractivity contribution in [1.82, 2.24) is 25.2 Å². The van der Waals surface area contributed by atoms with E-state index in [-0.39, 0.29) is 90.3 Å². The third-order valence-electron chi connectivity index (χ3n) is 9.96. The number of aromatic amines is 1. The number of amides is 2. The minimum Gasteiger partial charge on any atom is -0.411 e. The zero-order chi connectivity index (χ0) is 31.6. The summed E-state index contributed by atoms with van der Waals surface area (Å²) in [5.41, 5.74) is -1.94. The van der Waals surface area contributed by atoms with E-state index in [0.717, 1.165) is 0 Å². The van der Waals surface area contributed by atoms with Gasteiger partial charge in [-0.05, 0) is 69.9 Å². The number of halogens is 5. The second-order valence-electron chi connectivity index (χ2n) is 13.0. The lowest BCUT2D eigenvalue weighted by molar-refractivity contribution is -0.225. The highest BCUT2D eigenvalue weighted by Gasteiger charge is 2.73. The number of likely N-dealkylation sites (tertiary alicyclic amines) is 1. The van der Waals surface area contributed by atoms with Gasteiger partial charge in [-0.2, -0.15) is 0 Å². The molecule has 44 heavy (non-hydrogen) atoms. The zero-order valence-corrected chi connectivity index (χ0v) is 24.1. The molecule has 0 aromatic carbocycles. The predicted molar refractivity (Wildman–Crippen MR) is 152 cm³/mol. The molecule has 242 valence electrons. The van der Waals surface area contributed by atoms with E-state index in [4.69, 9.17) is 10.6 Å². The molecule has 2 bridgehead atoms. The van der Waals surface area contributed by atoms with E-state index in [2.05, 4.69) is 25.4 Å². The number of nitrogens with one attached hydrogen (secondary N) is 3. The van der Waals surface area contributed by atoms with Crippen LogP contribution in [-0.2, 0) is 9.59 Å². The van der Waals surface area contributed by atoms with Crippen molar-refractivity contribution in [2.24, 2.45) is 22.4 Å². The van der Waals surface area contributed by atoms with Gasteiger partial charge in [0.15, 0.2) is 5.65 Å². The molecule has 3 atom stereocenters. The number of oxime groups is 1. The highest BCUT2D eigenvalue weighted by molar-refractivity contribution is 6.65. The van der Waals surface area contributed by atoms with E-state index in [1.165, 1.54) is 6.92 Å². The number of nitrogens with zero attached hydrogens (tertiary/aromatic N) is 4. The van der Waals surface area contributed by atoms with E-state index in [1.807, 2.05) is 0 Å². The van der Waals surface area contributed by atoms with E-state index in [1.54, 1.807) is 17.0 Å². The van der Waals surface area contributed by atoms with Crippen molar-refractivity contribution in [3.8, 4) is 0 Å². The Bertz CT molecular complexity index is 1510. The average Bonchev–Trinajstić information content (AvgIpc) is 3.39. The van der Waals surface area contributed by atoms with E-state index in [0.29, 0.717) is 11.2 Å². The van der Waals surface area contributed by atoms with Crippen molar-refractivity contribution in [3.05, 3.63) is 23.7 Å². The summed E-state index contributed by atoms with van der Waals surface area (Å²) in [6.45, 7) is 1.38. The highest BCUT2D eigenvalue weighted by Crippen LogP contribution is 2.70. The molecule has 4 N–H and O–H groups in total. The number of fused-ring (bicyclic) bond motifs is 1. The lowest BCUT2D eigenvalue weighted by Crippen LogP contribution is -2.70. The summed E-state index contributed by atoms with van der Waals surface area (Å²) in [6.07, 6.45) is -2.64. The van der Waals surface area contributed by atoms with E-state index < -0.39 is 59.0 Å². The topological polar surface area (TPSA) is 147 Å². The number of rotatable bonds is 8. The Balaban J connectivity index is 0.00000240. The third kappa shape index (κ3) is 5.31. The predicted octanol–water partition coefficient (Wildman–Crippen LogP) is 5.74. The quantitative estimate of drug-likeness (QED) is 0.128. The summed E-state index contributed by atoms with van der Waals surface area (Å²) in [5.74, 6) is -5.13. The summed E-state index contributed by atoms with van der Waals surface area (Å²) in [6, 6.07) is 1.59. The molecule has 5 aliphatic rings. The molecule has 10 nitrogen and oxygen atoms in total. The SMILES string of the molecule is C/C(=N/O)C(=N)C(=O)N[C@H](c1nc2nc([C@@H]3C[C@@H](C(F)F)CCN3C(=O)C34CC(F)(C3)C4)ccc2[nH]1)C1CCC(F)(F)CC1.[HH].[HH]. The first-order chi connectivity index (χ1) is 20.7. The van der Waals surface area contributed by atoms with Crippen LogP contribution in [0.15, 0.2) is 17.3 Å². The van der Waals surface area contributed by atoms with Crippen LogP contribution in [0.4, 0.5) is 22.0 Å². The summed E-state index contributed by atoms with van der Waals surface area (Å²) in [5, 5.41) is 22.5. The first kappa shape index (κ1) is 30.4. The molecule has 4 aliphatic carbocycles. The number of hydrogen-bond acceptors (Lipinski definition) is 7. The van der Waals surface area contributed by atoms with Crippen molar-refractivity contribution in [3.63, 3.8) is 0 Å². The van der Waals surface area contributed by atoms with Crippen LogP contribution in [0.3, 0.4) is 0 Å². The van der Waals surface area contributed by atoms with Crippen molar-refractivity contribution >= 4 is 34.4 Å². The molecule has 7 rings (SSSR count). The fourth-order valence-corrected chi connectivity index (χ4v) is 7.43. The molecule has 4 saturated carbocycles. The molecule has 2 aromatic heterocycles. The molecule has 3 heterocycles. The van der Waals surface area contributed by atoms with Crippen molar-refractivity contribution in [2.45, 2.75) is 94.8 Å². The molecule has 2 amide bonds. The van der Waals surface area contributed by atoms with Crippen LogP contribution < -0.4 is 5.32 Å². The maximum atomic E-state index is 14.2. The van der Waals surface area contributed by atoms with Crippen LogP contribution >= 0.6 is 0 Å². The van der Waals surface area contributed by atoms with Gasteiger partial charge < -0.3 is 20.4 Å². The number of carbonyl (C=O) groups excluding carboxylic acids is 2. The van der Waals surface area contributed by atoms with Gasteiger partial charge in [0.1, 0.15) is 22.9 Å². The Morgan fingerprint density at radius 2 is 1.82 bits per heavy atom. The van der Waals surface area contributed by atoms with Gasteiger partial charge in [0.2, 0.25) is 18.3 Å². The number of imidazole rings is 1. The lowest BCUT2D eigenvalue weighted by atomic mass is 9.41. The molecule has 15 heteroatoms. The van der Waals surface area contributed by atoms with Gasteiger partial charge in [-0.15, -0.1) is 0 Å². The standard InChI is InChI=1S/C29H34F5N7O3.2H2/c1-14(40-44)20(35)25(42)38-21(15-4-7-29(33,34)8-5-15)24-37-18-3-2-17(36-23(18)39-24)19-10-16(22(30)31)6-9-41(19)26(43)27-11-28(32,12-27)13-27;;/h2-3,15-16,19,21-22,35,44H,4-13H2,1H3,(H,38,42)(H,36,37,39);2*1H/b35-20?,40-14-;;/t16-,19-,21-,27?,28?;;/m0../s1. The second-order valence-corrected chi connectivity index (χ2v) is 13.0. The van der Waals surface area contributed by atoms with Crippen LogP contribution in [0.2, 0.25) is 0 Å². The summed E-state index contributed by atoms with van der Waals surface area (Å²) in [7, 11) is 0. The zero-order valence-electron chi connectivity index (χ0n) is 24.1. The molecule has 0 spiro atoms. The minimum absolute atomic E-state index is 0. The highest BCUT2D eigenvalue weighted by atomic mass is 19.3. The Morgan fingerprint density at radius 1 is 1.14 bits per heavy atom. The lowest BCUT2D eigenvalue weighted by Gasteiger charge is -2.65. The number of pyridine rings is 1. The molecule has 0 radical (unpaired) electrons. The second kappa shape index (κ2) is 10.8. The molecule has 2 aromatic rings. The van der Waals surface area contributed by atoms with Crippen molar-refractivity contribution in [2.75, 3.05) is 6.54 Å². The normalized spacial score (nSPS) is 30.9.